The van der Waals surface area contributed by atoms with Crippen molar-refractivity contribution in [2.75, 3.05) is 0 Å². The minimum atomic E-state index is 0. The van der Waals surface area contributed by atoms with E-state index in [1.54, 1.807) is 0 Å². The molecule has 0 rings (SSSR count). The predicted molar refractivity (Wildman–Crippen MR) is 11.3 cm³/mol. The predicted octanol–water partition coefficient (Wildman–Crippen LogP) is 0.00150. The normalized spacial score (nSPS) is 2.00. The zero-order valence-corrected chi connectivity index (χ0v) is 2.86. The van der Waals surface area contributed by atoms with E-state index in [1.165, 1.54) is 5.94 Å². The van der Waals surface area contributed by atoms with Gasteiger partial charge in [0.05, 0.1) is 0 Å². The Labute approximate surface area is 35.2 Å². The molecule has 0 N–H and O–H groups in total. The van der Waals surface area contributed by atoms with Gasteiger partial charge in [-0.05, 0) is 6.58 Å². The van der Waals surface area contributed by atoms with Crippen LogP contribution in [0.25, 0.3) is 0 Å². The van der Waals surface area contributed by atoms with Gasteiger partial charge in [-0.1, -0.05) is 0 Å². The summed E-state index contributed by atoms with van der Waals surface area (Å²) < 4.78 is 0. The first-order valence-electron chi connectivity index (χ1n) is 0.558. The average molecular weight is 106 g/mol. The fourth-order valence-electron chi connectivity index (χ4n) is 0. The van der Waals surface area contributed by atoms with E-state index < -0.39 is 0 Å². The Balaban J connectivity index is 0. The SMILES string of the molecule is C=C=O.[Cu]. The molecular formula is C2H2CuO. The van der Waals surface area contributed by atoms with E-state index in [0.717, 1.165) is 0 Å². The summed E-state index contributed by atoms with van der Waals surface area (Å²) in [5.41, 5.74) is 0. The molecule has 2 heteroatoms. The molecule has 0 unspecified atom stereocenters. The van der Waals surface area contributed by atoms with Crippen LogP contribution in [-0.4, -0.2) is 5.94 Å². The Hall–Kier alpha value is -0.0305. The second-order valence-corrected chi connectivity index (χ2v) is 0.144. The average Bonchev–Trinajstić information content (AvgIpc) is 0.918. The van der Waals surface area contributed by atoms with E-state index in [1.807, 2.05) is 0 Å². The first-order valence-corrected chi connectivity index (χ1v) is 0.558. The minimum Gasteiger partial charge on any atom is -0.234 e. The molecular weight excluding hydrogens is 104 g/mol. The molecule has 0 saturated carbocycles. The van der Waals surface area contributed by atoms with Crippen LogP contribution in [0.3, 0.4) is 0 Å². The molecule has 0 amide bonds. The Bertz CT molecular complexity index is 27.0. The van der Waals surface area contributed by atoms with Gasteiger partial charge in [0.1, 0.15) is 5.94 Å². The second-order valence-electron chi connectivity index (χ2n) is 0.144. The van der Waals surface area contributed by atoms with Gasteiger partial charge in [0.25, 0.3) is 0 Å². The third kappa shape index (κ3) is 1990. The Morgan fingerprint density at radius 1 is 1.75 bits per heavy atom. The molecule has 0 atom stereocenters. The van der Waals surface area contributed by atoms with Gasteiger partial charge in [-0.25, -0.2) is 4.79 Å². The summed E-state index contributed by atoms with van der Waals surface area (Å²) in [7, 11) is 0. The van der Waals surface area contributed by atoms with Crippen LogP contribution in [0.5, 0.6) is 0 Å². The van der Waals surface area contributed by atoms with E-state index in [0.29, 0.717) is 0 Å². The monoisotopic (exact) mass is 105 g/mol. The number of hydrogen-bond donors (Lipinski definition) is 0. The van der Waals surface area contributed by atoms with E-state index >= 15 is 0 Å². The van der Waals surface area contributed by atoms with Crippen molar-refractivity contribution in [3.05, 3.63) is 6.58 Å². The van der Waals surface area contributed by atoms with Crippen LogP contribution in [0.4, 0.5) is 0 Å². The maximum Gasteiger partial charge on any atom is 0.116 e. The molecule has 0 saturated heterocycles. The zero-order chi connectivity index (χ0) is 2.71. The van der Waals surface area contributed by atoms with Crippen LogP contribution < -0.4 is 0 Å². The van der Waals surface area contributed by atoms with Crippen molar-refractivity contribution < 1.29 is 21.9 Å². The van der Waals surface area contributed by atoms with Gasteiger partial charge in [0.2, 0.25) is 0 Å². The molecule has 1 radical (unpaired) electrons. The zero-order valence-electron chi connectivity index (χ0n) is 1.92. The fraction of sp³-hybridized carbons (Fsp3) is 0. The smallest absolute Gasteiger partial charge is 0.116 e. The van der Waals surface area contributed by atoms with E-state index in [2.05, 4.69) is 6.58 Å². The van der Waals surface area contributed by atoms with E-state index in [-0.39, 0.29) is 17.1 Å². The van der Waals surface area contributed by atoms with Gasteiger partial charge in [-0.2, -0.15) is 0 Å². The molecule has 0 aliphatic heterocycles. The Morgan fingerprint density at radius 2 is 1.75 bits per heavy atom. The molecule has 0 aromatic heterocycles. The van der Waals surface area contributed by atoms with Crippen molar-refractivity contribution >= 4 is 5.94 Å². The van der Waals surface area contributed by atoms with Crippen molar-refractivity contribution in [3.63, 3.8) is 0 Å². The molecule has 27 valence electrons. The molecule has 0 aliphatic carbocycles. The molecule has 0 aromatic rings. The maximum absolute atomic E-state index is 8.57. The van der Waals surface area contributed by atoms with E-state index in [4.69, 9.17) is 4.79 Å². The fourth-order valence-corrected chi connectivity index (χ4v) is 0. The summed E-state index contributed by atoms with van der Waals surface area (Å²) in [5.74, 6) is 1.25. The van der Waals surface area contributed by atoms with Crippen molar-refractivity contribution in [1.82, 2.24) is 0 Å². The first-order chi connectivity index (χ1) is 1.41. The van der Waals surface area contributed by atoms with Gasteiger partial charge in [0, 0.05) is 17.1 Å². The topological polar surface area (TPSA) is 17.1 Å². The van der Waals surface area contributed by atoms with Crippen molar-refractivity contribution in [2.45, 2.75) is 0 Å². The number of hydrogen-bond acceptors (Lipinski definition) is 1. The van der Waals surface area contributed by atoms with Crippen LogP contribution >= 0.6 is 0 Å². The van der Waals surface area contributed by atoms with Gasteiger partial charge in [0.15, 0.2) is 0 Å². The summed E-state index contributed by atoms with van der Waals surface area (Å²) in [6.07, 6.45) is 0. The maximum atomic E-state index is 8.57. The summed E-state index contributed by atoms with van der Waals surface area (Å²) in [5, 5.41) is 0. The standard InChI is InChI=1S/C2H2O.Cu/c1-2-3;/h1H2;. The van der Waals surface area contributed by atoms with Gasteiger partial charge >= 0.3 is 0 Å². The molecule has 1 nitrogen and oxygen atoms in total. The van der Waals surface area contributed by atoms with Gasteiger partial charge in [-0.15, -0.1) is 0 Å². The van der Waals surface area contributed by atoms with Crippen molar-refractivity contribution in [3.8, 4) is 0 Å². The molecule has 0 spiro atoms. The summed E-state index contributed by atoms with van der Waals surface area (Å²) in [4.78, 5) is 8.57. The quantitative estimate of drug-likeness (QED) is 0.313. The molecule has 0 heterocycles. The summed E-state index contributed by atoms with van der Waals surface area (Å²) in [6, 6.07) is 0. The molecule has 0 aliphatic rings. The summed E-state index contributed by atoms with van der Waals surface area (Å²) in [6.45, 7) is 2.68. The first kappa shape index (κ1) is 9.02. The third-order valence-electron chi connectivity index (χ3n) is 0. The molecule has 4 heavy (non-hydrogen) atoms. The largest absolute Gasteiger partial charge is 0.234 e. The van der Waals surface area contributed by atoms with Crippen LogP contribution in [0, 0.1) is 0 Å². The Kier molecular flexibility index (Phi) is 27.6. The molecule has 0 aromatic carbocycles. The van der Waals surface area contributed by atoms with Crippen LogP contribution in [-0.2, 0) is 21.9 Å². The molecule has 0 bridgehead atoms. The van der Waals surface area contributed by atoms with E-state index in [9.17, 15) is 0 Å². The van der Waals surface area contributed by atoms with Crippen LogP contribution in [0.1, 0.15) is 0 Å². The number of rotatable bonds is 0. The Morgan fingerprint density at radius 3 is 1.75 bits per heavy atom. The third-order valence-corrected chi connectivity index (χ3v) is 0. The summed E-state index contributed by atoms with van der Waals surface area (Å²) >= 11 is 0. The molecule has 0 fully saturated rings. The van der Waals surface area contributed by atoms with Gasteiger partial charge in [-0.3, -0.25) is 0 Å². The second kappa shape index (κ2) is 12.3. The van der Waals surface area contributed by atoms with Gasteiger partial charge < -0.3 is 0 Å². The van der Waals surface area contributed by atoms with Crippen LogP contribution in [0.2, 0.25) is 0 Å². The number of carbonyl (C=O) groups excluding carboxylic acids is 1. The van der Waals surface area contributed by atoms with Crippen molar-refractivity contribution in [1.29, 1.82) is 0 Å². The van der Waals surface area contributed by atoms with Crippen LogP contribution in [0.15, 0.2) is 6.58 Å². The van der Waals surface area contributed by atoms with Crippen molar-refractivity contribution in [2.24, 2.45) is 0 Å². The minimum absolute atomic E-state index is 0.